The van der Waals surface area contributed by atoms with E-state index in [1.165, 1.54) is 7.11 Å². The molecule has 1 aromatic rings. The summed E-state index contributed by atoms with van der Waals surface area (Å²) in [5, 5.41) is 10.6. The summed E-state index contributed by atoms with van der Waals surface area (Å²) < 4.78 is 10.5. The van der Waals surface area contributed by atoms with Crippen molar-refractivity contribution >= 4 is 11.8 Å². The van der Waals surface area contributed by atoms with Gasteiger partial charge in [0.2, 0.25) is 0 Å². The fraction of sp³-hybridized carbons (Fsp3) is 0.333. The first-order chi connectivity index (χ1) is 11.3. The number of nitrogens with one attached hydrogen (secondary N) is 2. The number of hydrogen-bond donors (Lipinski definition) is 3. The van der Waals surface area contributed by atoms with Gasteiger partial charge in [0, 0.05) is 11.8 Å². The van der Waals surface area contributed by atoms with E-state index >= 15 is 0 Å². The number of esters is 1. The van der Waals surface area contributed by atoms with Crippen molar-refractivity contribution in [2.75, 3.05) is 13.7 Å². The van der Waals surface area contributed by atoms with Crippen molar-refractivity contribution in [3.05, 3.63) is 53.8 Å². The van der Waals surface area contributed by atoms with E-state index in [4.69, 9.17) is 20.6 Å². The van der Waals surface area contributed by atoms with Crippen LogP contribution < -0.4 is 15.8 Å². The van der Waals surface area contributed by atoms with Gasteiger partial charge >= 0.3 is 5.97 Å². The van der Waals surface area contributed by atoms with E-state index in [1.807, 2.05) is 36.4 Å². The van der Waals surface area contributed by atoms with Crippen LogP contribution in [0.15, 0.2) is 48.2 Å². The monoisotopic (exact) mass is 329 g/mol. The number of methoxy groups -OCH3 is 1. The maximum atomic E-state index is 11.6. The molecule has 4 N–H and O–H groups in total. The molecule has 128 valence electrons. The van der Waals surface area contributed by atoms with Crippen molar-refractivity contribution in [3.8, 4) is 5.75 Å². The highest BCUT2D eigenvalue weighted by molar-refractivity contribution is 5.97. The maximum absolute atomic E-state index is 11.6. The molecule has 0 aromatic heterocycles. The molecule has 6 heteroatoms. The quantitative estimate of drug-likeness (QED) is 0.423. The predicted octanol–water partition coefficient (Wildman–Crippen LogP) is 2.28. The average molecular weight is 329 g/mol. The normalized spacial score (nSPS) is 16.8. The van der Waals surface area contributed by atoms with Crippen molar-refractivity contribution in [1.82, 2.24) is 5.32 Å². The van der Waals surface area contributed by atoms with E-state index in [-0.39, 0.29) is 24.5 Å². The van der Waals surface area contributed by atoms with Crippen LogP contribution in [-0.2, 0) is 9.53 Å². The fourth-order valence-electron chi connectivity index (χ4n) is 2.23. The van der Waals surface area contributed by atoms with Gasteiger partial charge in [0.15, 0.2) is 0 Å². The minimum atomic E-state index is -0.699. The van der Waals surface area contributed by atoms with Gasteiger partial charge in [-0.15, -0.1) is 0 Å². The Balaban J connectivity index is 1.96. The summed E-state index contributed by atoms with van der Waals surface area (Å²) in [7, 11) is 1.37. The van der Waals surface area contributed by atoms with Crippen LogP contribution in [-0.4, -0.2) is 25.5 Å². The molecule has 0 radical (unpaired) electrons. The van der Waals surface area contributed by atoms with Crippen molar-refractivity contribution in [2.45, 2.75) is 19.9 Å². The van der Waals surface area contributed by atoms with Crippen LogP contribution in [0.2, 0.25) is 0 Å². The van der Waals surface area contributed by atoms with Crippen molar-refractivity contribution < 1.29 is 14.3 Å². The summed E-state index contributed by atoms with van der Waals surface area (Å²) in [5.41, 5.74) is 6.47. The van der Waals surface area contributed by atoms with Gasteiger partial charge < -0.3 is 20.5 Å². The highest BCUT2D eigenvalue weighted by atomic mass is 16.5. The molecule has 0 amide bonds. The molecule has 1 aromatic carbocycles. The lowest BCUT2D eigenvalue weighted by molar-refractivity contribution is -0.152. The van der Waals surface area contributed by atoms with E-state index < -0.39 is 5.41 Å². The van der Waals surface area contributed by atoms with Crippen LogP contribution >= 0.6 is 0 Å². The minimum absolute atomic E-state index is 0.0219. The van der Waals surface area contributed by atoms with E-state index in [0.717, 1.165) is 5.56 Å². The average Bonchev–Trinajstić information content (AvgIpc) is 2.59. The van der Waals surface area contributed by atoms with Crippen molar-refractivity contribution in [1.29, 1.82) is 5.41 Å². The second kappa shape index (κ2) is 7.21. The number of hydrogen-bond acceptors (Lipinski definition) is 5. The number of ether oxygens (including phenoxy) is 2. The maximum Gasteiger partial charge on any atom is 0.314 e. The predicted molar refractivity (Wildman–Crippen MR) is 92.7 cm³/mol. The van der Waals surface area contributed by atoms with Crippen LogP contribution in [0.4, 0.5) is 0 Å². The standard InChI is InChI=1S/C18H23N3O3/c1-18(2,17(22)23-3)11-24-14-7-4-12(5-8-14)15-9-6-13(10-21-15)16(19)20/h4-10,15,21H,11H2,1-3H3,(H3,19,20)/t15-/m1/s1. The molecule has 0 aliphatic carbocycles. The third kappa shape index (κ3) is 4.16. The Hall–Kier alpha value is -2.76. The van der Waals surface area contributed by atoms with Crippen molar-refractivity contribution in [3.63, 3.8) is 0 Å². The number of carbonyl (C=O) groups is 1. The van der Waals surface area contributed by atoms with Crippen LogP contribution in [0.25, 0.3) is 0 Å². The number of amidine groups is 1. The number of benzene rings is 1. The summed E-state index contributed by atoms with van der Waals surface area (Å²) >= 11 is 0. The first-order valence-corrected chi connectivity index (χ1v) is 7.63. The van der Waals surface area contributed by atoms with Gasteiger partial charge in [-0.1, -0.05) is 24.3 Å². The number of dihydropyridines is 1. The van der Waals surface area contributed by atoms with E-state index in [9.17, 15) is 4.79 Å². The summed E-state index contributed by atoms with van der Waals surface area (Å²) in [4.78, 5) is 11.6. The summed E-state index contributed by atoms with van der Waals surface area (Å²) in [6, 6.07) is 7.66. The molecule has 0 fully saturated rings. The number of nitrogens with two attached hydrogens (primary N) is 1. The lowest BCUT2D eigenvalue weighted by Gasteiger charge is -2.22. The van der Waals surface area contributed by atoms with E-state index in [2.05, 4.69) is 5.32 Å². The molecule has 0 unspecified atom stereocenters. The summed E-state index contributed by atoms with van der Waals surface area (Å²) in [6.07, 6.45) is 5.51. The van der Waals surface area contributed by atoms with Crippen LogP contribution in [0.5, 0.6) is 5.75 Å². The Morgan fingerprint density at radius 1 is 1.33 bits per heavy atom. The number of carbonyl (C=O) groups excluding carboxylic acids is 1. The third-order valence-corrected chi connectivity index (χ3v) is 3.77. The summed E-state index contributed by atoms with van der Waals surface area (Å²) in [5.74, 6) is 0.424. The highest BCUT2D eigenvalue weighted by Gasteiger charge is 2.29. The van der Waals surface area contributed by atoms with Crippen LogP contribution in [0, 0.1) is 10.8 Å². The zero-order valence-corrected chi connectivity index (χ0v) is 14.1. The van der Waals surface area contributed by atoms with Gasteiger partial charge in [-0.3, -0.25) is 10.2 Å². The lowest BCUT2D eigenvalue weighted by atomic mass is 9.95. The molecule has 0 saturated carbocycles. The first-order valence-electron chi connectivity index (χ1n) is 7.63. The molecule has 2 rings (SSSR count). The molecular weight excluding hydrogens is 306 g/mol. The molecule has 0 saturated heterocycles. The van der Waals surface area contributed by atoms with Gasteiger partial charge in [0.25, 0.3) is 0 Å². The molecular formula is C18H23N3O3. The Kier molecular flexibility index (Phi) is 5.28. The zero-order chi connectivity index (χ0) is 17.7. The molecule has 1 aliphatic rings. The smallest absolute Gasteiger partial charge is 0.314 e. The second-order valence-corrected chi connectivity index (χ2v) is 6.25. The highest BCUT2D eigenvalue weighted by Crippen LogP contribution is 2.24. The van der Waals surface area contributed by atoms with Crippen molar-refractivity contribution in [2.24, 2.45) is 11.1 Å². The van der Waals surface area contributed by atoms with Gasteiger partial charge in [-0.2, -0.15) is 0 Å². The SMILES string of the molecule is COC(=O)C(C)(C)COc1ccc([C@H]2C=CC(C(=N)N)=CN2)cc1. The van der Waals surface area contributed by atoms with Crippen LogP contribution in [0.1, 0.15) is 25.5 Å². The molecule has 0 bridgehead atoms. The van der Waals surface area contributed by atoms with Gasteiger partial charge in [-0.25, -0.2) is 0 Å². The molecule has 24 heavy (non-hydrogen) atoms. The molecule has 6 nitrogen and oxygen atoms in total. The Bertz CT molecular complexity index is 675. The Labute approximate surface area is 141 Å². The Morgan fingerprint density at radius 2 is 2.00 bits per heavy atom. The van der Waals surface area contributed by atoms with Gasteiger partial charge in [0.1, 0.15) is 18.2 Å². The fourth-order valence-corrected chi connectivity index (χ4v) is 2.23. The molecule has 1 heterocycles. The van der Waals surface area contributed by atoms with E-state index in [1.54, 1.807) is 20.0 Å². The first kappa shape index (κ1) is 17.6. The van der Waals surface area contributed by atoms with Gasteiger partial charge in [-0.05, 0) is 31.5 Å². The lowest BCUT2D eigenvalue weighted by Crippen LogP contribution is -2.32. The molecule has 1 atom stereocenters. The zero-order valence-electron chi connectivity index (χ0n) is 14.1. The molecule has 1 aliphatic heterocycles. The summed E-state index contributed by atoms with van der Waals surface area (Å²) in [6.45, 7) is 3.80. The Morgan fingerprint density at radius 3 is 2.50 bits per heavy atom. The number of rotatable bonds is 6. The minimum Gasteiger partial charge on any atom is -0.492 e. The van der Waals surface area contributed by atoms with E-state index in [0.29, 0.717) is 11.3 Å². The molecule has 0 spiro atoms. The van der Waals surface area contributed by atoms with Crippen LogP contribution in [0.3, 0.4) is 0 Å². The van der Waals surface area contributed by atoms with Gasteiger partial charge in [0.05, 0.1) is 18.6 Å². The topological polar surface area (TPSA) is 97.4 Å². The third-order valence-electron chi connectivity index (χ3n) is 3.77. The largest absolute Gasteiger partial charge is 0.492 e. The second-order valence-electron chi connectivity index (χ2n) is 6.25.